The van der Waals surface area contributed by atoms with Gasteiger partial charge in [-0.3, -0.25) is 0 Å². The van der Waals surface area contributed by atoms with Crippen LogP contribution in [0.3, 0.4) is 0 Å². The summed E-state index contributed by atoms with van der Waals surface area (Å²) < 4.78 is 8.01. The van der Waals surface area contributed by atoms with Crippen LogP contribution >= 0.6 is 44.5 Å². The van der Waals surface area contributed by atoms with Gasteiger partial charge in [-0.15, -0.1) is 0 Å². The largest absolute Gasteiger partial charge is 0.492 e. The zero-order valence-corrected chi connectivity index (χ0v) is 13.7. The average molecular weight is 380 g/mol. The number of hydrogen-bond acceptors (Lipinski definition) is 2. The molecule has 0 atom stereocenters. The van der Waals surface area contributed by atoms with Crippen LogP contribution in [-0.4, -0.2) is 12.4 Å². The summed E-state index contributed by atoms with van der Waals surface area (Å²) in [6.45, 7) is 0.775. The zero-order valence-electron chi connectivity index (χ0n) is 9.59. The van der Waals surface area contributed by atoms with Gasteiger partial charge in [0.2, 0.25) is 0 Å². The first-order valence-corrected chi connectivity index (χ1v) is 8.06. The molecule has 0 unspecified atom stereocenters. The number of halogens is 2. The lowest BCUT2D eigenvalue weighted by Crippen LogP contribution is -2.27. The number of hydrogen-bond donors (Lipinski definition) is 1. The highest BCUT2D eigenvalue weighted by molar-refractivity contribution is 9.11. The maximum atomic E-state index is 5.95. The van der Waals surface area contributed by atoms with Crippen LogP contribution in [0.25, 0.3) is 0 Å². The lowest BCUT2D eigenvalue weighted by atomic mass is 9.90. The van der Waals surface area contributed by atoms with E-state index in [0.29, 0.717) is 0 Å². The monoisotopic (exact) mass is 378 g/mol. The van der Waals surface area contributed by atoms with Crippen molar-refractivity contribution >= 4 is 44.5 Å². The van der Waals surface area contributed by atoms with Gasteiger partial charge in [-0.1, -0.05) is 28.8 Å². The van der Waals surface area contributed by atoms with E-state index in [-0.39, 0.29) is 5.41 Å². The minimum Gasteiger partial charge on any atom is -0.492 e. The first-order valence-electron chi connectivity index (χ1n) is 5.84. The summed E-state index contributed by atoms with van der Waals surface area (Å²) in [4.78, 5) is 0. The smallest absolute Gasteiger partial charge is 0.133 e. The second-order valence-electron chi connectivity index (χ2n) is 4.73. The van der Waals surface area contributed by atoms with Gasteiger partial charge in [-0.05, 0) is 52.7 Å². The molecule has 1 aromatic carbocycles. The van der Waals surface area contributed by atoms with E-state index in [1.807, 2.05) is 18.2 Å². The molecule has 0 heterocycles. The van der Waals surface area contributed by atoms with Crippen molar-refractivity contribution in [3.8, 4) is 5.75 Å². The highest BCUT2D eigenvalue weighted by Crippen LogP contribution is 2.40. The second kappa shape index (κ2) is 5.98. The summed E-state index contributed by atoms with van der Waals surface area (Å²) in [5, 5.41) is 0. The molecule has 1 aliphatic carbocycles. The summed E-state index contributed by atoms with van der Waals surface area (Å²) in [6, 6.07) is 6.01. The molecule has 0 bridgehead atoms. The third-order valence-corrected chi connectivity index (χ3v) is 5.21. The van der Waals surface area contributed by atoms with Crippen LogP contribution in [-0.2, 0) is 0 Å². The lowest BCUT2D eigenvalue weighted by molar-refractivity contribution is 0.172. The summed E-state index contributed by atoms with van der Waals surface area (Å²) in [5.41, 5.74) is 0.287. The third kappa shape index (κ3) is 3.42. The summed E-state index contributed by atoms with van der Waals surface area (Å²) in [7, 11) is 0. The Kier molecular flexibility index (Phi) is 4.84. The predicted molar refractivity (Wildman–Crippen MR) is 82.1 cm³/mol. The molecule has 0 radical (unpaired) electrons. The molecule has 0 aliphatic heterocycles. The Morgan fingerprint density at radius 2 is 1.94 bits per heavy atom. The minimum atomic E-state index is 0.287. The maximum absolute atomic E-state index is 5.95. The van der Waals surface area contributed by atoms with E-state index in [1.54, 1.807) is 0 Å². The molecule has 17 heavy (non-hydrogen) atoms. The molecule has 94 valence electrons. The van der Waals surface area contributed by atoms with Gasteiger partial charge < -0.3 is 4.74 Å². The molecule has 1 nitrogen and oxygen atoms in total. The molecule has 1 saturated carbocycles. The van der Waals surface area contributed by atoms with Crippen LogP contribution in [0.1, 0.15) is 25.7 Å². The van der Waals surface area contributed by atoms with Crippen LogP contribution in [0.5, 0.6) is 5.75 Å². The normalized spacial score (nSPS) is 18.3. The maximum Gasteiger partial charge on any atom is 0.133 e. The van der Waals surface area contributed by atoms with Crippen molar-refractivity contribution in [2.75, 3.05) is 12.4 Å². The topological polar surface area (TPSA) is 9.23 Å². The van der Waals surface area contributed by atoms with Gasteiger partial charge in [-0.25, -0.2) is 0 Å². The fourth-order valence-corrected chi connectivity index (χ4v) is 3.87. The average Bonchev–Trinajstić information content (AvgIpc) is 2.77. The summed E-state index contributed by atoms with van der Waals surface area (Å²) in [6.07, 6.45) is 5.10. The molecule has 0 N–H and O–H groups in total. The quantitative estimate of drug-likeness (QED) is 0.717. The van der Waals surface area contributed by atoms with E-state index in [9.17, 15) is 0 Å². The summed E-state index contributed by atoms with van der Waals surface area (Å²) in [5.74, 6) is 1.84. The number of rotatable bonds is 4. The van der Waals surface area contributed by atoms with Crippen molar-refractivity contribution in [2.24, 2.45) is 5.41 Å². The molecule has 1 aliphatic rings. The van der Waals surface area contributed by atoms with E-state index < -0.39 is 0 Å². The molecule has 4 heteroatoms. The second-order valence-corrected chi connectivity index (χ2v) is 6.81. The van der Waals surface area contributed by atoms with E-state index >= 15 is 0 Å². The predicted octanol–water partition coefficient (Wildman–Crippen LogP) is 5.08. The molecular formula is C13H16Br2OS. The molecule has 1 fully saturated rings. The lowest BCUT2D eigenvalue weighted by Gasteiger charge is -2.27. The van der Waals surface area contributed by atoms with Gasteiger partial charge in [-0.2, -0.15) is 12.6 Å². The first kappa shape index (κ1) is 13.8. The summed E-state index contributed by atoms with van der Waals surface area (Å²) >= 11 is 11.5. The standard InChI is InChI=1S/C13H16Br2OS/c14-10-3-4-12(11(15)7-10)16-8-13(9-17)5-1-2-6-13/h3-4,7,17H,1-2,5-6,8-9H2. The Morgan fingerprint density at radius 1 is 1.24 bits per heavy atom. The number of ether oxygens (including phenoxy) is 1. The van der Waals surface area contributed by atoms with E-state index in [1.165, 1.54) is 25.7 Å². The highest BCUT2D eigenvalue weighted by Gasteiger charge is 2.33. The minimum absolute atomic E-state index is 0.287. The fourth-order valence-electron chi connectivity index (χ4n) is 2.30. The number of thiol groups is 1. The molecule has 0 spiro atoms. The van der Waals surface area contributed by atoms with Crippen molar-refractivity contribution in [3.63, 3.8) is 0 Å². The van der Waals surface area contributed by atoms with Crippen LogP contribution in [0.4, 0.5) is 0 Å². The van der Waals surface area contributed by atoms with Gasteiger partial charge in [0.1, 0.15) is 5.75 Å². The SMILES string of the molecule is SCC1(COc2ccc(Br)cc2Br)CCCC1. The molecule has 2 rings (SSSR count). The first-order chi connectivity index (χ1) is 8.15. The van der Waals surface area contributed by atoms with Gasteiger partial charge in [0.25, 0.3) is 0 Å². The Hall–Kier alpha value is 0.330. The van der Waals surface area contributed by atoms with Crippen LogP contribution in [0.15, 0.2) is 27.1 Å². The molecule has 0 amide bonds. The van der Waals surface area contributed by atoms with Crippen LogP contribution in [0.2, 0.25) is 0 Å². The van der Waals surface area contributed by atoms with Crippen molar-refractivity contribution in [2.45, 2.75) is 25.7 Å². The molecule has 0 aromatic heterocycles. The van der Waals surface area contributed by atoms with Gasteiger partial charge in [0.15, 0.2) is 0 Å². The Labute approximate surface area is 125 Å². The molecular weight excluding hydrogens is 364 g/mol. The number of benzene rings is 1. The van der Waals surface area contributed by atoms with Gasteiger partial charge >= 0.3 is 0 Å². The Balaban J connectivity index is 2.01. The van der Waals surface area contributed by atoms with Crippen molar-refractivity contribution in [3.05, 3.63) is 27.1 Å². The van der Waals surface area contributed by atoms with E-state index in [2.05, 4.69) is 44.5 Å². The van der Waals surface area contributed by atoms with E-state index in [4.69, 9.17) is 4.74 Å². The molecule has 1 aromatic rings. The third-order valence-electron chi connectivity index (χ3n) is 3.43. The van der Waals surface area contributed by atoms with Crippen molar-refractivity contribution in [1.82, 2.24) is 0 Å². The molecule has 0 saturated heterocycles. The van der Waals surface area contributed by atoms with Crippen LogP contribution in [0, 0.1) is 5.41 Å². The van der Waals surface area contributed by atoms with Crippen molar-refractivity contribution in [1.29, 1.82) is 0 Å². The van der Waals surface area contributed by atoms with E-state index in [0.717, 1.165) is 27.1 Å². The van der Waals surface area contributed by atoms with Crippen LogP contribution < -0.4 is 4.74 Å². The van der Waals surface area contributed by atoms with Gasteiger partial charge in [0.05, 0.1) is 11.1 Å². The van der Waals surface area contributed by atoms with Gasteiger partial charge in [0, 0.05) is 9.89 Å². The zero-order chi connectivity index (χ0) is 12.3. The highest BCUT2D eigenvalue weighted by atomic mass is 79.9. The Bertz CT molecular complexity index is 389. The Morgan fingerprint density at radius 3 is 2.53 bits per heavy atom. The van der Waals surface area contributed by atoms with Crippen molar-refractivity contribution < 1.29 is 4.74 Å². The fraction of sp³-hybridized carbons (Fsp3) is 0.538.